The molecule has 1 N–H and O–H groups in total. The summed E-state index contributed by atoms with van der Waals surface area (Å²) in [5.41, 5.74) is 3.42. The number of piperazine rings is 1. The van der Waals surface area contributed by atoms with E-state index < -0.39 is 15.1 Å². The molecule has 3 aliphatic heterocycles. The fourth-order valence-electron chi connectivity index (χ4n) is 5.59. The van der Waals surface area contributed by atoms with Gasteiger partial charge in [0.2, 0.25) is 5.88 Å². The molecule has 2 atom stereocenters. The van der Waals surface area contributed by atoms with Gasteiger partial charge in [0.25, 0.3) is 0 Å². The molecule has 0 aromatic carbocycles. The van der Waals surface area contributed by atoms with Crippen molar-refractivity contribution in [3.8, 4) is 17.0 Å². The van der Waals surface area contributed by atoms with Crippen LogP contribution in [0.1, 0.15) is 12.0 Å². The molecule has 0 radical (unpaired) electrons. The smallest absolute Gasteiger partial charge is 0.333 e. The topological polar surface area (TPSA) is 122 Å². The molecule has 3 saturated heterocycles. The van der Waals surface area contributed by atoms with Gasteiger partial charge in [-0.2, -0.15) is 13.5 Å². The number of ether oxygens (including phenoxy) is 1. The molecule has 3 aliphatic rings. The van der Waals surface area contributed by atoms with E-state index in [0.29, 0.717) is 45.6 Å². The highest BCUT2D eigenvalue weighted by molar-refractivity contribution is 7.86. The zero-order valence-electron chi connectivity index (χ0n) is 20.3. The molecule has 38 heavy (non-hydrogen) atoms. The highest BCUT2D eigenvalue weighted by atomic mass is 32.3. The van der Waals surface area contributed by atoms with Crippen molar-refractivity contribution in [2.24, 2.45) is 0 Å². The predicted molar refractivity (Wildman–Crippen MR) is 137 cm³/mol. The number of pyridine rings is 3. The second-order valence-electron chi connectivity index (χ2n) is 9.69. The van der Waals surface area contributed by atoms with E-state index in [1.165, 1.54) is 10.6 Å². The lowest BCUT2D eigenvalue weighted by Crippen LogP contribution is -2.68. The molecule has 8 rings (SSSR count). The van der Waals surface area contributed by atoms with Gasteiger partial charge in [-0.1, -0.05) is 6.07 Å². The number of methoxy groups -OCH3 is 1. The van der Waals surface area contributed by atoms with Crippen LogP contribution in [0.4, 0.5) is 9.70 Å². The Labute approximate surface area is 217 Å². The molecule has 3 fully saturated rings. The van der Waals surface area contributed by atoms with E-state index in [-0.39, 0.29) is 0 Å². The van der Waals surface area contributed by atoms with Crippen LogP contribution in [0.5, 0.6) is 5.88 Å². The number of nitrogens with one attached hydrogen (secondary N) is 1. The largest absolute Gasteiger partial charge is 0.481 e. The standard InChI is InChI=1S/C25H23FN8O3S/c1-37-23-5-2-15(8-28-23)11-33-17-6-18(33)13-32(12-17)22-4-3-16(9-27-22)20-7-19(38(26,35)36)14-34-24(20)21-10-29-30-25(21)31-34/h2-5,7-10,14,17-18H,6,11-13H2,1H3,(H,30,31). The maximum atomic E-state index is 14.0. The summed E-state index contributed by atoms with van der Waals surface area (Å²) in [6.45, 7) is 2.58. The van der Waals surface area contributed by atoms with Crippen LogP contribution in [0.3, 0.4) is 0 Å². The average molecular weight is 535 g/mol. The molecule has 0 spiro atoms. The first-order valence-corrected chi connectivity index (χ1v) is 13.5. The minimum absolute atomic E-state index is 0.435. The molecular formula is C25H23FN8O3S. The molecule has 0 saturated carbocycles. The van der Waals surface area contributed by atoms with Crippen LogP contribution in [0.2, 0.25) is 0 Å². The summed E-state index contributed by atoms with van der Waals surface area (Å²) >= 11 is 0. The van der Waals surface area contributed by atoms with Gasteiger partial charge in [-0.25, -0.2) is 14.5 Å². The van der Waals surface area contributed by atoms with Gasteiger partial charge in [0.05, 0.1) is 30.4 Å². The van der Waals surface area contributed by atoms with Crippen LogP contribution in [0.15, 0.2) is 60.0 Å². The quantitative estimate of drug-likeness (QED) is 0.328. The third-order valence-corrected chi connectivity index (χ3v) is 8.27. The zero-order chi connectivity index (χ0) is 26.0. The first kappa shape index (κ1) is 23.0. The molecule has 11 nitrogen and oxygen atoms in total. The summed E-state index contributed by atoms with van der Waals surface area (Å²) in [4.78, 5) is 13.3. The monoisotopic (exact) mass is 534 g/mol. The van der Waals surface area contributed by atoms with E-state index in [1.807, 2.05) is 24.4 Å². The fourth-order valence-corrected chi connectivity index (χ4v) is 6.08. The Bertz CT molecular complexity index is 1760. The van der Waals surface area contributed by atoms with Crippen molar-refractivity contribution in [2.45, 2.75) is 29.9 Å². The Morgan fingerprint density at radius 3 is 2.63 bits per heavy atom. The maximum absolute atomic E-state index is 14.0. The number of anilines is 1. The number of aromatic nitrogens is 6. The Kier molecular flexibility index (Phi) is 5.13. The van der Waals surface area contributed by atoms with E-state index in [2.05, 4.69) is 36.1 Å². The molecule has 8 heterocycles. The summed E-state index contributed by atoms with van der Waals surface area (Å²) in [5, 5.41) is 11.8. The van der Waals surface area contributed by atoms with Gasteiger partial charge >= 0.3 is 10.2 Å². The number of piperidine rings is 1. The minimum atomic E-state index is -4.93. The van der Waals surface area contributed by atoms with E-state index in [4.69, 9.17) is 9.72 Å². The van der Waals surface area contributed by atoms with E-state index in [1.54, 1.807) is 19.5 Å². The molecule has 194 valence electrons. The first-order chi connectivity index (χ1) is 18.4. The molecule has 0 aliphatic carbocycles. The third kappa shape index (κ3) is 3.77. The summed E-state index contributed by atoms with van der Waals surface area (Å²) < 4.78 is 43.9. The van der Waals surface area contributed by atoms with Crippen molar-refractivity contribution < 1.29 is 17.0 Å². The SMILES string of the molecule is COc1ccc(CN2C3CC2CN(c2ccc(-c4cc(S(=O)(=O)F)cn5nc6[nH]ncc6c45)cn2)C3)cn1. The number of hydrogen-bond donors (Lipinski definition) is 1. The van der Waals surface area contributed by atoms with Gasteiger partial charge in [0.15, 0.2) is 5.65 Å². The van der Waals surface area contributed by atoms with Crippen LogP contribution >= 0.6 is 0 Å². The van der Waals surface area contributed by atoms with Gasteiger partial charge in [-0.15, -0.1) is 8.98 Å². The zero-order valence-corrected chi connectivity index (χ0v) is 21.1. The number of hydrogen-bond acceptors (Lipinski definition) is 9. The Morgan fingerprint density at radius 2 is 1.95 bits per heavy atom. The van der Waals surface area contributed by atoms with Gasteiger partial charge < -0.3 is 9.64 Å². The van der Waals surface area contributed by atoms with Crippen LogP contribution in [0, 0.1) is 0 Å². The van der Waals surface area contributed by atoms with Gasteiger partial charge in [-0.3, -0.25) is 10.00 Å². The van der Waals surface area contributed by atoms with Crippen molar-refractivity contribution in [1.29, 1.82) is 0 Å². The summed E-state index contributed by atoms with van der Waals surface area (Å²) in [5.74, 6) is 1.46. The Hall–Kier alpha value is -4.10. The van der Waals surface area contributed by atoms with Crippen molar-refractivity contribution in [2.75, 3.05) is 25.1 Å². The number of H-pyrrole nitrogens is 1. The molecular weight excluding hydrogens is 511 g/mol. The third-order valence-electron chi connectivity index (χ3n) is 7.48. The number of halogens is 1. The van der Waals surface area contributed by atoms with E-state index in [9.17, 15) is 12.3 Å². The van der Waals surface area contributed by atoms with Gasteiger partial charge in [0, 0.05) is 61.3 Å². The lowest BCUT2D eigenvalue weighted by molar-refractivity contribution is -0.00876. The highest BCUT2D eigenvalue weighted by Crippen LogP contribution is 2.37. The normalized spacial score (nSPS) is 19.7. The van der Waals surface area contributed by atoms with Gasteiger partial charge in [-0.05, 0) is 30.2 Å². The minimum Gasteiger partial charge on any atom is -0.481 e. The summed E-state index contributed by atoms with van der Waals surface area (Å²) in [7, 11) is -3.32. The molecule has 5 aromatic heterocycles. The van der Waals surface area contributed by atoms with Crippen molar-refractivity contribution >= 4 is 32.6 Å². The van der Waals surface area contributed by atoms with Crippen LogP contribution in [0.25, 0.3) is 27.7 Å². The maximum Gasteiger partial charge on any atom is 0.333 e. The van der Waals surface area contributed by atoms with Crippen molar-refractivity contribution in [3.63, 3.8) is 0 Å². The molecule has 13 heteroatoms. The van der Waals surface area contributed by atoms with Crippen LogP contribution in [-0.2, 0) is 16.8 Å². The van der Waals surface area contributed by atoms with Gasteiger partial charge in [0.1, 0.15) is 10.7 Å². The summed E-state index contributed by atoms with van der Waals surface area (Å²) in [6, 6.07) is 9.93. The van der Waals surface area contributed by atoms with Crippen molar-refractivity contribution in [3.05, 3.63) is 60.7 Å². The molecule has 2 unspecified atom stereocenters. The Morgan fingerprint density at radius 1 is 1.11 bits per heavy atom. The lowest BCUT2D eigenvalue weighted by atomic mass is 9.87. The van der Waals surface area contributed by atoms with Crippen LogP contribution < -0.4 is 9.64 Å². The van der Waals surface area contributed by atoms with Crippen molar-refractivity contribution in [1.82, 2.24) is 34.7 Å². The summed E-state index contributed by atoms with van der Waals surface area (Å²) in [6.07, 6.45) is 7.49. The van der Waals surface area contributed by atoms with E-state index in [0.717, 1.165) is 43.6 Å². The second kappa shape index (κ2) is 8.46. The first-order valence-electron chi connectivity index (χ1n) is 12.1. The van der Waals surface area contributed by atoms with E-state index >= 15 is 0 Å². The fraction of sp³-hybridized carbons (Fsp3) is 0.280. The van der Waals surface area contributed by atoms with Crippen LogP contribution in [-0.4, -0.2) is 75.4 Å². The number of rotatable bonds is 6. The molecule has 5 aromatic rings. The lowest BCUT2D eigenvalue weighted by Gasteiger charge is -2.56. The molecule has 2 bridgehead atoms. The highest BCUT2D eigenvalue weighted by Gasteiger charge is 2.44. The number of fused-ring (bicyclic) bond motifs is 5. The molecule has 0 amide bonds. The number of nitrogens with zero attached hydrogens (tertiary/aromatic N) is 7. The predicted octanol–water partition coefficient (Wildman–Crippen LogP) is 2.80. The number of aromatic amines is 1. The Balaban J connectivity index is 1.14. The average Bonchev–Trinajstić information content (AvgIpc) is 3.52. The second-order valence-corrected chi connectivity index (χ2v) is 11.0.